The largest absolute Gasteiger partial charge is 0.463 e. The number of halogens is 1. The van der Waals surface area contributed by atoms with Crippen LogP contribution in [0.15, 0.2) is 59.2 Å². The number of carbonyl (C=O) groups excluding carboxylic acids is 2. The molecule has 1 N–H and O–H groups in total. The molecule has 1 aromatic carbocycles. The molecule has 1 atom stereocenters. The minimum Gasteiger partial charge on any atom is -0.463 e. The number of nitrogens with one attached hydrogen (secondary N) is 1. The highest BCUT2D eigenvalue weighted by atomic mass is 35.5. The number of fused-ring (bicyclic) bond motifs is 1. The summed E-state index contributed by atoms with van der Waals surface area (Å²) in [6, 6.07) is 14.7. The van der Waals surface area contributed by atoms with Crippen molar-refractivity contribution in [2.75, 3.05) is 6.54 Å². The summed E-state index contributed by atoms with van der Waals surface area (Å²) in [5, 5.41) is 3.65. The lowest BCUT2D eigenvalue weighted by atomic mass is 9.94. The van der Waals surface area contributed by atoms with Gasteiger partial charge in [-0.2, -0.15) is 0 Å². The Kier molecular flexibility index (Phi) is 5.43. The number of aromatic nitrogens is 1. The molecule has 1 aliphatic rings. The number of carbonyl (C=O) groups is 2. The van der Waals surface area contributed by atoms with E-state index in [0.717, 1.165) is 17.7 Å². The fourth-order valence-corrected chi connectivity index (χ4v) is 4.09. The van der Waals surface area contributed by atoms with Crippen molar-refractivity contribution in [1.82, 2.24) is 14.8 Å². The van der Waals surface area contributed by atoms with Crippen LogP contribution in [-0.2, 0) is 17.9 Å². The summed E-state index contributed by atoms with van der Waals surface area (Å²) in [5.41, 5.74) is 1.28. The molecule has 156 valence electrons. The van der Waals surface area contributed by atoms with Crippen LogP contribution in [0.25, 0.3) is 11.5 Å². The van der Waals surface area contributed by atoms with Crippen molar-refractivity contribution in [2.24, 2.45) is 0 Å². The van der Waals surface area contributed by atoms with Gasteiger partial charge >= 0.3 is 0 Å². The lowest BCUT2D eigenvalue weighted by Gasteiger charge is -2.44. The predicted molar refractivity (Wildman–Crippen MR) is 115 cm³/mol. The third-order valence-corrected chi connectivity index (χ3v) is 5.83. The Labute approximate surface area is 180 Å². The van der Waals surface area contributed by atoms with Gasteiger partial charge in [-0.05, 0) is 55.3 Å². The van der Waals surface area contributed by atoms with E-state index in [9.17, 15) is 9.59 Å². The van der Waals surface area contributed by atoms with Crippen LogP contribution in [0.1, 0.15) is 36.3 Å². The number of rotatable bonds is 6. The highest BCUT2D eigenvalue weighted by Crippen LogP contribution is 2.33. The Morgan fingerprint density at radius 3 is 2.57 bits per heavy atom. The molecule has 6 nitrogen and oxygen atoms in total. The topological polar surface area (TPSA) is 67.5 Å². The molecule has 0 spiro atoms. The van der Waals surface area contributed by atoms with E-state index in [1.165, 1.54) is 0 Å². The molecule has 30 heavy (non-hydrogen) atoms. The first kappa shape index (κ1) is 20.3. The van der Waals surface area contributed by atoms with Gasteiger partial charge in [0.25, 0.3) is 5.91 Å². The Balaban J connectivity index is 1.64. The van der Waals surface area contributed by atoms with Gasteiger partial charge in [-0.3, -0.25) is 9.59 Å². The third kappa shape index (κ3) is 3.52. The van der Waals surface area contributed by atoms with Gasteiger partial charge < -0.3 is 19.2 Å². The Morgan fingerprint density at radius 2 is 1.90 bits per heavy atom. The predicted octanol–water partition coefficient (Wildman–Crippen LogP) is 4.34. The summed E-state index contributed by atoms with van der Waals surface area (Å²) < 4.78 is 7.42. The van der Waals surface area contributed by atoms with Crippen molar-refractivity contribution in [3.63, 3.8) is 0 Å². The van der Waals surface area contributed by atoms with Crippen LogP contribution < -0.4 is 5.32 Å². The zero-order valence-electron chi connectivity index (χ0n) is 17.0. The molecule has 4 rings (SSSR count). The van der Waals surface area contributed by atoms with Gasteiger partial charge in [-0.15, -0.1) is 0 Å². The smallest absolute Gasteiger partial charge is 0.271 e. The fraction of sp³-hybridized carbons (Fsp3) is 0.304. The second kappa shape index (κ2) is 8.03. The minimum absolute atomic E-state index is 0.148. The van der Waals surface area contributed by atoms with Gasteiger partial charge in [0.05, 0.1) is 18.5 Å². The van der Waals surface area contributed by atoms with Gasteiger partial charge in [0.2, 0.25) is 5.91 Å². The zero-order chi connectivity index (χ0) is 21.3. The maximum Gasteiger partial charge on any atom is 0.271 e. The molecule has 0 radical (unpaired) electrons. The summed E-state index contributed by atoms with van der Waals surface area (Å²) in [6.07, 6.45) is 2.36. The number of amides is 2. The summed E-state index contributed by atoms with van der Waals surface area (Å²) in [6.45, 7) is 5.05. The molecule has 2 aromatic heterocycles. The average molecular weight is 426 g/mol. The second-order valence-electron chi connectivity index (χ2n) is 7.71. The van der Waals surface area contributed by atoms with Crippen molar-refractivity contribution in [1.29, 1.82) is 0 Å². The van der Waals surface area contributed by atoms with Crippen molar-refractivity contribution < 1.29 is 14.0 Å². The maximum absolute atomic E-state index is 13.4. The number of hydrogen-bond acceptors (Lipinski definition) is 3. The van der Waals surface area contributed by atoms with Crippen LogP contribution >= 0.6 is 11.6 Å². The molecule has 0 fully saturated rings. The molecule has 7 heteroatoms. The van der Waals surface area contributed by atoms with Gasteiger partial charge in [-0.25, -0.2) is 0 Å². The average Bonchev–Trinajstić information content (AvgIpc) is 3.40. The fourth-order valence-electron chi connectivity index (χ4n) is 3.96. The van der Waals surface area contributed by atoms with E-state index in [-0.39, 0.29) is 11.8 Å². The molecule has 0 aliphatic carbocycles. The van der Waals surface area contributed by atoms with E-state index >= 15 is 0 Å². The molecule has 1 aliphatic heterocycles. The van der Waals surface area contributed by atoms with Crippen molar-refractivity contribution in [3.8, 4) is 11.5 Å². The lowest BCUT2D eigenvalue weighted by Crippen LogP contribution is -2.64. The highest BCUT2D eigenvalue weighted by molar-refractivity contribution is 6.30. The van der Waals surface area contributed by atoms with Crippen molar-refractivity contribution in [3.05, 3.63) is 71.1 Å². The van der Waals surface area contributed by atoms with E-state index in [2.05, 4.69) is 5.32 Å². The van der Waals surface area contributed by atoms with Crippen LogP contribution in [0, 0.1) is 0 Å². The van der Waals surface area contributed by atoms with Gasteiger partial charge in [-0.1, -0.05) is 30.7 Å². The molecular weight excluding hydrogens is 402 g/mol. The lowest BCUT2D eigenvalue weighted by molar-refractivity contribution is -0.133. The molecule has 0 saturated heterocycles. The summed E-state index contributed by atoms with van der Waals surface area (Å²) in [5.74, 6) is 0.330. The summed E-state index contributed by atoms with van der Waals surface area (Å²) in [4.78, 5) is 28.3. The summed E-state index contributed by atoms with van der Waals surface area (Å²) in [7, 11) is 0. The Hall–Kier alpha value is -2.99. The molecule has 0 saturated carbocycles. The SMILES string of the molecule is CCCN1C(=O)c2ccc(-c3ccco3)n2CC1(C)C(=O)NCc1ccc(Cl)cc1. The van der Waals surface area contributed by atoms with Gasteiger partial charge in [0.1, 0.15) is 17.0 Å². The van der Waals surface area contributed by atoms with E-state index in [1.807, 2.05) is 42.7 Å². The monoisotopic (exact) mass is 425 g/mol. The first-order valence-corrected chi connectivity index (χ1v) is 10.4. The van der Waals surface area contributed by atoms with Gasteiger partial charge in [0, 0.05) is 18.1 Å². The van der Waals surface area contributed by atoms with Crippen LogP contribution in [-0.4, -0.2) is 33.4 Å². The van der Waals surface area contributed by atoms with E-state index in [4.69, 9.17) is 16.0 Å². The first-order chi connectivity index (χ1) is 14.4. The quantitative estimate of drug-likeness (QED) is 0.638. The number of benzene rings is 1. The van der Waals surface area contributed by atoms with Gasteiger partial charge in [0.15, 0.2) is 0 Å². The van der Waals surface area contributed by atoms with E-state index < -0.39 is 5.54 Å². The molecule has 0 bridgehead atoms. The number of hydrogen-bond donors (Lipinski definition) is 1. The third-order valence-electron chi connectivity index (χ3n) is 5.58. The number of nitrogens with zero attached hydrogens (tertiary/aromatic N) is 2. The van der Waals surface area contributed by atoms with Crippen LogP contribution in [0.3, 0.4) is 0 Å². The second-order valence-corrected chi connectivity index (χ2v) is 8.14. The maximum atomic E-state index is 13.4. The van der Waals surface area contributed by atoms with Crippen LogP contribution in [0.4, 0.5) is 0 Å². The molecule has 1 unspecified atom stereocenters. The minimum atomic E-state index is -1.02. The van der Waals surface area contributed by atoms with E-state index in [0.29, 0.717) is 36.1 Å². The van der Waals surface area contributed by atoms with Crippen LogP contribution in [0.2, 0.25) is 5.02 Å². The Bertz CT molecular complexity index is 1060. The molecule has 3 aromatic rings. The Morgan fingerprint density at radius 1 is 1.17 bits per heavy atom. The van der Waals surface area contributed by atoms with Crippen LogP contribution in [0.5, 0.6) is 0 Å². The zero-order valence-corrected chi connectivity index (χ0v) is 17.8. The van der Waals surface area contributed by atoms with Crippen molar-refractivity contribution >= 4 is 23.4 Å². The standard InChI is InChI=1S/C23H24ClN3O3/c1-3-12-27-21(28)19-11-10-18(20-5-4-13-30-20)26(19)15-23(27,2)22(29)25-14-16-6-8-17(24)9-7-16/h4-11,13H,3,12,14-15H2,1-2H3,(H,25,29). The van der Waals surface area contributed by atoms with E-state index in [1.54, 1.807) is 35.4 Å². The first-order valence-electron chi connectivity index (χ1n) is 10.0. The molecule has 2 amide bonds. The number of furan rings is 1. The highest BCUT2D eigenvalue weighted by Gasteiger charge is 2.47. The molecular formula is C23H24ClN3O3. The molecule has 3 heterocycles. The van der Waals surface area contributed by atoms with Crippen molar-refractivity contribution in [2.45, 2.75) is 38.9 Å². The normalized spacial score (nSPS) is 18.4. The summed E-state index contributed by atoms with van der Waals surface area (Å²) >= 11 is 5.94.